The zero-order valence-electron chi connectivity index (χ0n) is 9.03. The van der Waals surface area contributed by atoms with E-state index in [1.165, 1.54) is 19.2 Å². The molecule has 1 fully saturated rings. The minimum absolute atomic E-state index is 0.192. The highest BCUT2D eigenvalue weighted by atomic mass is 19.1. The second-order valence-electron chi connectivity index (χ2n) is 4.14. The standard InChI is InChI=1S/C12H13FN2O/c1-16-10-3-2-8(6-9(10)13)11(15)12(7-14)4-5-12/h2-3,6,11H,4-5,15H2,1H3. The van der Waals surface area contributed by atoms with Gasteiger partial charge in [-0.1, -0.05) is 6.07 Å². The molecule has 1 atom stereocenters. The quantitative estimate of drug-likeness (QED) is 0.848. The summed E-state index contributed by atoms with van der Waals surface area (Å²) in [4.78, 5) is 0. The van der Waals surface area contributed by atoms with Gasteiger partial charge in [0.05, 0.1) is 18.6 Å². The van der Waals surface area contributed by atoms with E-state index < -0.39 is 17.3 Å². The van der Waals surface area contributed by atoms with Gasteiger partial charge >= 0.3 is 0 Å². The molecule has 4 heteroatoms. The smallest absolute Gasteiger partial charge is 0.165 e. The minimum Gasteiger partial charge on any atom is -0.494 e. The maximum absolute atomic E-state index is 13.5. The van der Waals surface area contributed by atoms with E-state index in [2.05, 4.69) is 6.07 Å². The molecule has 1 saturated carbocycles. The first-order valence-electron chi connectivity index (χ1n) is 5.13. The molecule has 1 aliphatic carbocycles. The number of nitrogens with zero attached hydrogens (tertiary/aromatic N) is 1. The number of ether oxygens (including phenoxy) is 1. The van der Waals surface area contributed by atoms with Crippen molar-refractivity contribution in [3.05, 3.63) is 29.6 Å². The van der Waals surface area contributed by atoms with E-state index >= 15 is 0 Å². The first-order valence-corrected chi connectivity index (χ1v) is 5.13. The van der Waals surface area contributed by atoms with Crippen LogP contribution in [-0.2, 0) is 0 Å². The molecule has 2 N–H and O–H groups in total. The third kappa shape index (κ3) is 1.63. The lowest BCUT2D eigenvalue weighted by Crippen LogP contribution is -2.21. The van der Waals surface area contributed by atoms with E-state index in [4.69, 9.17) is 15.7 Å². The molecule has 1 aromatic rings. The molecule has 84 valence electrons. The lowest BCUT2D eigenvalue weighted by Gasteiger charge is -2.17. The van der Waals surface area contributed by atoms with Crippen molar-refractivity contribution < 1.29 is 9.13 Å². The molecule has 1 aromatic carbocycles. The maximum atomic E-state index is 13.5. The highest BCUT2D eigenvalue weighted by Crippen LogP contribution is 2.53. The third-order valence-electron chi connectivity index (χ3n) is 3.14. The Bertz CT molecular complexity index is 449. The van der Waals surface area contributed by atoms with Crippen molar-refractivity contribution in [2.75, 3.05) is 7.11 Å². The van der Waals surface area contributed by atoms with Crippen LogP contribution in [0, 0.1) is 22.6 Å². The number of halogens is 1. The molecule has 0 spiro atoms. The number of benzene rings is 1. The summed E-state index contributed by atoms with van der Waals surface area (Å²) in [6.07, 6.45) is 1.58. The Morgan fingerprint density at radius 2 is 2.25 bits per heavy atom. The number of nitrogens with two attached hydrogens (primary N) is 1. The molecule has 0 radical (unpaired) electrons. The molecule has 0 aliphatic heterocycles. The van der Waals surface area contributed by atoms with E-state index in [0.29, 0.717) is 5.56 Å². The van der Waals surface area contributed by atoms with E-state index in [-0.39, 0.29) is 5.75 Å². The van der Waals surface area contributed by atoms with Gasteiger partial charge < -0.3 is 10.5 Å². The van der Waals surface area contributed by atoms with Crippen LogP contribution in [0.4, 0.5) is 4.39 Å². The summed E-state index contributed by atoms with van der Waals surface area (Å²) < 4.78 is 18.3. The summed E-state index contributed by atoms with van der Waals surface area (Å²) in [5, 5.41) is 9.01. The number of rotatable bonds is 3. The van der Waals surface area contributed by atoms with Gasteiger partial charge in [0.1, 0.15) is 0 Å². The number of hydrogen-bond donors (Lipinski definition) is 1. The summed E-state index contributed by atoms with van der Waals surface area (Å²) in [5.41, 5.74) is 6.14. The molecule has 0 saturated heterocycles. The fraction of sp³-hybridized carbons (Fsp3) is 0.417. The molecule has 1 unspecified atom stereocenters. The van der Waals surface area contributed by atoms with Crippen LogP contribution >= 0.6 is 0 Å². The van der Waals surface area contributed by atoms with Gasteiger partial charge in [-0.2, -0.15) is 5.26 Å². The van der Waals surface area contributed by atoms with Gasteiger partial charge in [-0.15, -0.1) is 0 Å². The monoisotopic (exact) mass is 220 g/mol. The summed E-state index contributed by atoms with van der Waals surface area (Å²) in [6, 6.07) is 6.40. The van der Waals surface area contributed by atoms with Crippen LogP contribution in [0.2, 0.25) is 0 Å². The SMILES string of the molecule is COc1ccc(C(N)C2(C#N)CC2)cc1F. The Hall–Kier alpha value is -1.60. The Morgan fingerprint density at radius 1 is 1.56 bits per heavy atom. The normalized spacial score (nSPS) is 18.6. The Kier molecular flexibility index (Phi) is 2.56. The van der Waals surface area contributed by atoms with Crippen molar-refractivity contribution in [2.45, 2.75) is 18.9 Å². The molecule has 0 amide bonds. The predicted molar refractivity (Wildman–Crippen MR) is 57.2 cm³/mol. The Balaban J connectivity index is 2.29. The van der Waals surface area contributed by atoms with Crippen LogP contribution < -0.4 is 10.5 Å². The molecule has 3 nitrogen and oxygen atoms in total. The van der Waals surface area contributed by atoms with Crippen LogP contribution in [0.3, 0.4) is 0 Å². The molecule has 0 bridgehead atoms. The average molecular weight is 220 g/mol. The van der Waals surface area contributed by atoms with Crippen molar-refractivity contribution >= 4 is 0 Å². The number of methoxy groups -OCH3 is 1. The van der Waals surface area contributed by atoms with Crippen LogP contribution in [0.1, 0.15) is 24.4 Å². The lowest BCUT2D eigenvalue weighted by molar-refractivity contribution is 0.385. The molecular weight excluding hydrogens is 207 g/mol. The maximum Gasteiger partial charge on any atom is 0.165 e. The summed E-state index contributed by atoms with van der Waals surface area (Å²) >= 11 is 0. The summed E-state index contributed by atoms with van der Waals surface area (Å²) in [5.74, 6) is -0.248. The van der Waals surface area contributed by atoms with E-state index in [9.17, 15) is 4.39 Å². The summed E-state index contributed by atoms with van der Waals surface area (Å²) in [6.45, 7) is 0. The Labute approximate surface area is 93.6 Å². The first kappa shape index (κ1) is 10.9. The fourth-order valence-corrected chi connectivity index (χ4v) is 1.82. The average Bonchev–Trinajstić information content (AvgIpc) is 3.09. The van der Waals surface area contributed by atoms with Crippen molar-refractivity contribution in [1.29, 1.82) is 5.26 Å². The van der Waals surface area contributed by atoms with Gasteiger partial charge in [-0.05, 0) is 30.5 Å². The molecular formula is C12H13FN2O. The number of nitriles is 1. The highest BCUT2D eigenvalue weighted by Gasteiger charge is 2.49. The van der Waals surface area contributed by atoms with Crippen molar-refractivity contribution in [2.24, 2.45) is 11.1 Å². The van der Waals surface area contributed by atoms with Gasteiger partial charge in [0, 0.05) is 6.04 Å². The van der Waals surface area contributed by atoms with Gasteiger partial charge in [-0.3, -0.25) is 0 Å². The van der Waals surface area contributed by atoms with Gasteiger partial charge in [-0.25, -0.2) is 4.39 Å². The van der Waals surface area contributed by atoms with Crippen LogP contribution in [0.15, 0.2) is 18.2 Å². The third-order valence-corrected chi connectivity index (χ3v) is 3.14. The molecule has 2 rings (SSSR count). The molecule has 16 heavy (non-hydrogen) atoms. The van der Waals surface area contributed by atoms with E-state index in [0.717, 1.165) is 12.8 Å². The van der Waals surface area contributed by atoms with Crippen LogP contribution in [0.25, 0.3) is 0 Å². The molecule has 1 aliphatic rings. The largest absolute Gasteiger partial charge is 0.494 e. The topological polar surface area (TPSA) is 59.0 Å². The fourth-order valence-electron chi connectivity index (χ4n) is 1.82. The Morgan fingerprint density at radius 3 is 2.69 bits per heavy atom. The highest BCUT2D eigenvalue weighted by molar-refractivity contribution is 5.34. The van der Waals surface area contributed by atoms with Crippen molar-refractivity contribution in [1.82, 2.24) is 0 Å². The van der Waals surface area contributed by atoms with E-state index in [1.807, 2.05) is 0 Å². The van der Waals surface area contributed by atoms with Crippen LogP contribution in [0.5, 0.6) is 5.75 Å². The zero-order valence-corrected chi connectivity index (χ0v) is 9.03. The first-order chi connectivity index (χ1) is 7.63. The second kappa shape index (κ2) is 3.76. The molecule has 0 aromatic heterocycles. The van der Waals surface area contributed by atoms with E-state index in [1.54, 1.807) is 6.07 Å². The van der Waals surface area contributed by atoms with Gasteiger partial charge in [0.25, 0.3) is 0 Å². The van der Waals surface area contributed by atoms with Gasteiger partial charge in [0.15, 0.2) is 11.6 Å². The second-order valence-corrected chi connectivity index (χ2v) is 4.14. The van der Waals surface area contributed by atoms with Crippen molar-refractivity contribution in [3.8, 4) is 11.8 Å². The predicted octanol–water partition coefficient (Wildman–Crippen LogP) is 2.14. The van der Waals surface area contributed by atoms with Crippen LogP contribution in [-0.4, -0.2) is 7.11 Å². The minimum atomic E-state index is -0.485. The van der Waals surface area contributed by atoms with Crippen molar-refractivity contribution in [3.63, 3.8) is 0 Å². The molecule has 0 heterocycles. The number of hydrogen-bond acceptors (Lipinski definition) is 3. The zero-order chi connectivity index (χ0) is 11.8. The summed E-state index contributed by atoms with van der Waals surface area (Å²) in [7, 11) is 1.41. The lowest BCUT2D eigenvalue weighted by atomic mass is 9.92. The van der Waals surface area contributed by atoms with Gasteiger partial charge in [0.2, 0.25) is 0 Å².